The number of carbonyl (C=O) groups is 2. The van der Waals surface area contributed by atoms with E-state index in [-0.39, 0.29) is 17.6 Å². The molecule has 0 aliphatic heterocycles. The fraction of sp³-hybridized carbons (Fsp3) is 0.333. The topological polar surface area (TPSA) is 49.4 Å². The van der Waals surface area contributed by atoms with Crippen molar-refractivity contribution in [3.8, 4) is 0 Å². The van der Waals surface area contributed by atoms with Crippen molar-refractivity contribution in [3.05, 3.63) is 69.2 Å². The van der Waals surface area contributed by atoms with Crippen LogP contribution in [0.2, 0.25) is 10.0 Å². The Morgan fingerprint density at radius 1 is 1.11 bits per heavy atom. The highest BCUT2D eigenvalue weighted by atomic mass is 35.5. The van der Waals surface area contributed by atoms with Gasteiger partial charge in [-0.1, -0.05) is 59.1 Å². The van der Waals surface area contributed by atoms with E-state index < -0.39 is 6.04 Å². The van der Waals surface area contributed by atoms with Gasteiger partial charge in [-0.3, -0.25) is 9.59 Å². The Bertz CT molecular complexity index is 807. The minimum atomic E-state index is -0.566. The van der Waals surface area contributed by atoms with E-state index in [2.05, 4.69) is 5.32 Å². The number of likely N-dealkylation sites (N-methyl/N-ethyl adjacent to an activating group) is 1. The van der Waals surface area contributed by atoms with Gasteiger partial charge in [0.1, 0.15) is 6.04 Å². The van der Waals surface area contributed by atoms with Crippen molar-refractivity contribution in [3.63, 3.8) is 0 Å². The molecular formula is C21H24Cl2N2O2S. The Kier molecular flexibility index (Phi) is 8.67. The zero-order chi connectivity index (χ0) is 20.7. The highest BCUT2D eigenvalue weighted by Crippen LogP contribution is 2.28. The number of halogens is 2. The summed E-state index contributed by atoms with van der Waals surface area (Å²) >= 11 is 13.8. The third kappa shape index (κ3) is 6.16. The fourth-order valence-electron chi connectivity index (χ4n) is 2.68. The molecule has 0 spiro atoms. The number of hydrogen-bond donors (Lipinski definition) is 1. The Labute approximate surface area is 180 Å². The van der Waals surface area contributed by atoms with Crippen LogP contribution in [-0.4, -0.2) is 35.6 Å². The van der Waals surface area contributed by atoms with Gasteiger partial charge in [-0.05, 0) is 37.1 Å². The summed E-state index contributed by atoms with van der Waals surface area (Å²) in [6.07, 6.45) is 0. The lowest BCUT2D eigenvalue weighted by Gasteiger charge is -2.28. The van der Waals surface area contributed by atoms with Crippen molar-refractivity contribution >= 4 is 46.8 Å². The van der Waals surface area contributed by atoms with Gasteiger partial charge in [-0.25, -0.2) is 0 Å². The van der Waals surface area contributed by atoms with Gasteiger partial charge in [0.05, 0.1) is 5.75 Å². The Morgan fingerprint density at radius 3 is 2.29 bits per heavy atom. The summed E-state index contributed by atoms with van der Waals surface area (Å²) in [4.78, 5) is 26.6. The van der Waals surface area contributed by atoms with Crippen molar-refractivity contribution in [1.29, 1.82) is 0 Å². The smallest absolute Gasteiger partial charge is 0.242 e. The first-order valence-electron chi connectivity index (χ1n) is 8.90. The van der Waals surface area contributed by atoms with Gasteiger partial charge in [0.25, 0.3) is 0 Å². The molecule has 0 saturated carbocycles. The number of nitrogens with zero attached hydrogens (tertiary/aromatic N) is 1. The normalized spacial score (nSPS) is 11.8. The Hall–Kier alpha value is -1.69. The van der Waals surface area contributed by atoms with E-state index in [0.29, 0.717) is 22.3 Å². The first-order chi connectivity index (χ1) is 13.3. The van der Waals surface area contributed by atoms with Crippen LogP contribution in [0, 0.1) is 6.92 Å². The summed E-state index contributed by atoms with van der Waals surface area (Å²) in [6.45, 7) is 4.12. The predicted molar refractivity (Wildman–Crippen MR) is 118 cm³/mol. The van der Waals surface area contributed by atoms with Crippen LogP contribution in [0.15, 0.2) is 42.5 Å². The molecular weight excluding hydrogens is 415 g/mol. The molecule has 150 valence electrons. The number of rotatable bonds is 8. The maximum atomic E-state index is 12.9. The van der Waals surface area contributed by atoms with Crippen LogP contribution >= 0.6 is 35.0 Å². The lowest BCUT2D eigenvalue weighted by molar-refractivity contribution is -0.138. The molecule has 2 amide bonds. The maximum Gasteiger partial charge on any atom is 0.242 e. The van der Waals surface area contributed by atoms with Crippen LogP contribution in [0.1, 0.15) is 23.6 Å². The third-order valence-electron chi connectivity index (χ3n) is 4.42. The fourth-order valence-corrected chi connectivity index (χ4v) is 4.32. The van der Waals surface area contributed by atoms with Gasteiger partial charge >= 0.3 is 0 Å². The molecule has 1 N–H and O–H groups in total. The number of thioether (sulfide) groups is 1. The van der Waals surface area contributed by atoms with Crippen LogP contribution in [0.25, 0.3) is 0 Å². The van der Waals surface area contributed by atoms with Crippen LogP contribution in [0.3, 0.4) is 0 Å². The van der Waals surface area contributed by atoms with E-state index in [1.807, 2.05) is 31.2 Å². The molecule has 2 aromatic rings. The molecule has 1 atom stereocenters. The average Bonchev–Trinajstić information content (AvgIpc) is 2.68. The van der Waals surface area contributed by atoms with E-state index >= 15 is 0 Å². The van der Waals surface area contributed by atoms with Crippen molar-refractivity contribution < 1.29 is 9.59 Å². The van der Waals surface area contributed by atoms with Gasteiger partial charge in [-0.2, -0.15) is 0 Å². The molecule has 0 heterocycles. The zero-order valence-corrected chi connectivity index (χ0v) is 18.5. The lowest BCUT2D eigenvalue weighted by atomic mass is 10.1. The summed E-state index contributed by atoms with van der Waals surface area (Å²) in [5.41, 5.74) is 2.94. The second kappa shape index (κ2) is 10.7. The summed E-state index contributed by atoms with van der Waals surface area (Å²) in [5, 5.41) is 3.79. The van der Waals surface area contributed by atoms with Gasteiger partial charge < -0.3 is 10.2 Å². The first-order valence-corrected chi connectivity index (χ1v) is 10.8. The van der Waals surface area contributed by atoms with Gasteiger partial charge in [-0.15, -0.1) is 11.8 Å². The molecule has 28 heavy (non-hydrogen) atoms. The standard InChI is InChI=1S/C21H24Cl2N2O2S/c1-14-7-9-16(10-8-14)11-25(15(2)21(27)24-3)20(26)13-28-12-17-18(22)5-4-6-19(17)23/h4-10,15H,11-13H2,1-3H3,(H,24,27)/t15-/m0/s1. The van der Waals surface area contributed by atoms with Crippen LogP contribution in [0.5, 0.6) is 0 Å². The quantitative estimate of drug-likeness (QED) is 0.649. The van der Waals surface area contributed by atoms with E-state index in [9.17, 15) is 9.59 Å². The van der Waals surface area contributed by atoms with Gasteiger partial charge in [0, 0.05) is 29.4 Å². The van der Waals surface area contributed by atoms with Crippen molar-refractivity contribution in [2.45, 2.75) is 32.2 Å². The molecule has 4 nitrogen and oxygen atoms in total. The summed E-state index contributed by atoms with van der Waals surface area (Å²) < 4.78 is 0. The third-order valence-corrected chi connectivity index (χ3v) is 6.07. The maximum absolute atomic E-state index is 12.9. The van der Waals surface area contributed by atoms with E-state index in [1.54, 1.807) is 37.1 Å². The molecule has 0 aromatic heterocycles. The molecule has 2 rings (SSSR count). The first kappa shape index (κ1) is 22.6. The van der Waals surface area contributed by atoms with E-state index in [0.717, 1.165) is 16.7 Å². The highest BCUT2D eigenvalue weighted by molar-refractivity contribution is 7.99. The molecule has 0 saturated heterocycles. The van der Waals surface area contributed by atoms with Crippen molar-refractivity contribution in [2.75, 3.05) is 12.8 Å². The van der Waals surface area contributed by atoms with E-state index in [1.165, 1.54) is 11.8 Å². The molecule has 0 fully saturated rings. The molecule has 0 radical (unpaired) electrons. The largest absolute Gasteiger partial charge is 0.357 e. The lowest BCUT2D eigenvalue weighted by Crippen LogP contribution is -2.47. The van der Waals surface area contributed by atoms with Crippen molar-refractivity contribution in [1.82, 2.24) is 10.2 Å². The highest BCUT2D eigenvalue weighted by Gasteiger charge is 2.25. The molecule has 0 bridgehead atoms. The number of benzene rings is 2. The number of carbonyl (C=O) groups excluding carboxylic acids is 2. The summed E-state index contributed by atoms with van der Waals surface area (Å²) in [7, 11) is 1.57. The number of hydrogen-bond acceptors (Lipinski definition) is 3. The Balaban J connectivity index is 2.07. The van der Waals surface area contributed by atoms with Gasteiger partial charge in [0.15, 0.2) is 0 Å². The number of aryl methyl sites for hydroxylation is 1. The molecule has 0 aliphatic carbocycles. The SMILES string of the molecule is CNC(=O)[C@H](C)N(Cc1ccc(C)cc1)C(=O)CSCc1c(Cl)cccc1Cl. The predicted octanol–water partition coefficient (Wildman–Crippen LogP) is 4.70. The Morgan fingerprint density at radius 2 is 1.71 bits per heavy atom. The molecule has 7 heteroatoms. The van der Waals surface area contributed by atoms with Crippen molar-refractivity contribution in [2.24, 2.45) is 0 Å². The number of amides is 2. The monoisotopic (exact) mass is 438 g/mol. The average molecular weight is 439 g/mol. The minimum Gasteiger partial charge on any atom is -0.357 e. The second-order valence-corrected chi connectivity index (χ2v) is 8.29. The zero-order valence-electron chi connectivity index (χ0n) is 16.2. The summed E-state index contributed by atoms with van der Waals surface area (Å²) in [6, 6.07) is 12.7. The van der Waals surface area contributed by atoms with Crippen LogP contribution in [-0.2, 0) is 21.9 Å². The van der Waals surface area contributed by atoms with E-state index in [4.69, 9.17) is 23.2 Å². The van der Waals surface area contributed by atoms with Gasteiger partial charge in [0.2, 0.25) is 11.8 Å². The molecule has 0 aliphatic rings. The van der Waals surface area contributed by atoms with Crippen LogP contribution in [0.4, 0.5) is 0 Å². The molecule has 0 unspecified atom stereocenters. The second-order valence-electron chi connectivity index (χ2n) is 6.49. The van der Waals surface area contributed by atoms with Crippen LogP contribution < -0.4 is 5.32 Å². The minimum absolute atomic E-state index is 0.107. The number of nitrogens with one attached hydrogen (secondary N) is 1. The summed E-state index contributed by atoms with van der Waals surface area (Å²) in [5.74, 6) is 0.454. The molecule has 2 aromatic carbocycles.